The van der Waals surface area contributed by atoms with Crippen molar-refractivity contribution < 1.29 is 37.5 Å². The van der Waals surface area contributed by atoms with E-state index in [0.717, 1.165) is 12.1 Å². The van der Waals surface area contributed by atoms with Crippen molar-refractivity contribution in [2.24, 2.45) is 0 Å². The Kier molecular flexibility index (Phi) is 11.8. The predicted octanol–water partition coefficient (Wildman–Crippen LogP) is 0.306. The summed E-state index contributed by atoms with van der Waals surface area (Å²) in [4.78, 5) is 27.4. The number of aliphatic hydroxyl groups is 2. The zero-order valence-electron chi connectivity index (χ0n) is 26.5. The first-order chi connectivity index (χ1) is 22.4. The molecule has 1 fully saturated rings. The molecule has 3 aromatic heterocycles. The number of imidazole rings is 1. The molecule has 4 heterocycles. The first-order valence-corrected chi connectivity index (χ1v) is 16.5. The Hall–Kier alpha value is -4.27. The summed E-state index contributed by atoms with van der Waals surface area (Å²) in [5.41, 5.74) is 6.85. The Bertz CT molecular complexity index is 1760. The maximum absolute atomic E-state index is 12.3. The molecule has 0 saturated carbocycles. The Labute approximate surface area is 271 Å². The number of hydrogen-bond acceptors (Lipinski definition) is 15. The van der Waals surface area contributed by atoms with Crippen LogP contribution >= 0.6 is 0 Å². The van der Waals surface area contributed by atoms with Gasteiger partial charge in [0, 0.05) is 0 Å². The van der Waals surface area contributed by atoms with Gasteiger partial charge in [-0.15, -0.1) is 5.10 Å². The topological polar surface area (TPSA) is 246 Å². The quantitative estimate of drug-likeness (QED) is 0.135. The molecule has 47 heavy (non-hydrogen) atoms. The summed E-state index contributed by atoms with van der Waals surface area (Å²) in [6.45, 7) is 11.4. The van der Waals surface area contributed by atoms with Gasteiger partial charge in [-0.3, -0.25) is 13.5 Å². The Morgan fingerprint density at radius 1 is 1.11 bits per heavy atom. The average molecular weight is 677 g/mol. The Morgan fingerprint density at radius 3 is 2.45 bits per heavy atom. The number of fused-ring (bicyclic) bond motifs is 1. The van der Waals surface area contributed by atoms with Crippen molar-refractivity contribution in [2.75, 3.05) is 32.0 Å². The average Bonchev–Trinajstić information content (AvgIpc) is 3.76. The van der Waals surface area contributed by atoms with Crippen molar-refractivity contribution in [3.63, 3.8) is 0 Å². The molecule has 4 atom stereocenters. The second-order valence-corrected chi connectivity index (χ2v) is 11.8. The molecule has 19 heteroatoms. The third-order valence-corrected chi connectivity index (χ3v) is 8.28. The standard InChI is InChI=1S/C22H25N9O8S.C6H15N/c1-2-5-11-8-31(29-27-11)22-25-18(23)15-19(26-22)30(10-24-15)21-17(34)16(33)14(39-21)9-38-40(36,37)28-20(35)12-6-3-4-7-13(12)32;1-4-7(5-2)6-3/h3-4,6-8,10,14,16-17,21,32-34H,2,5,9H2,1H3,(H,28,35)(H2,23,25,26);4-6H2,1-3H3/t14-,16-,17-,21-;/m1./s1. The lowest BCUT2D eigenvalue weighted by Gasteiger charge is -2.16. The highest BCUT2D eigenvalue weighted by Gasteiger charge is 2.45. The van der Waals surface area contributed by atoms with E-state index in [2.05, 4.69) is 50.9 Å². The van der Waals surface area contributed by atoms with Gasteiger partial charge in [-0.25, -0.2) is 9.71 Å². The number of nitrogens with zero attached hydrogens (tertiary/aromatic N) is 8. The fourth-order valence-electron chi connectivity index (χ4n) is 4.77. The summed E-state index contributed by atoms with van der Waals surface area (Å²) in [5.74, 6) is -1.46. The summed E-state index contributed by atoms with van der Waals surface area (Å²) in [7, 11) is -4.68. The van der Waals surface area contributed by atoms with Crippen molar-refractivity contribution in [2.45, 2.75) is 65.1 Å². The third kappa shape index (κ3) is 8.37. The molecule has 0 radical (unpaired) electrons. The van der Waals surface area contributed by atoms with Gasteiger partial charge in [0.1, 0.15) is 29.6 Å². The van der Waals surface area contributed by atoms with Crippen LogP contribution < -0.4 is 10.5 Å². The third-order valence-electron chi connectivity index (χ3n) is 7.40. The molecule has 1 aromatic carbocycles. The number of nitrogens with one attached hydrogen (secondary N) is 1. The van der Waals surface area contributed by atoms with E-state index in [1.807, 2.05) is 6.92 Å². The van der Waals surface area contributed by atoms with Crippen LogP contribution in [0.25, 0.3) is 17.1 Å². The van der Waals surface area contributed by atoms with Gasteiger partial charge < -0.3 is 30.7 Å². The number of rotatable bonds is 12. The number of amides is 1. The van der Waals surface area contributed by atoms with Crippen LogP contribution in [-0.2, 0) is 25.6 Å². The number of phenols is 1. The predicted molar refractivity (Wildman–Crippen MR) is 168 cm³/mol. The van der Waals surface area contributed by atoms with Crippen LogP contribution in [0.4, 0.5) is 5.82 Å². The van der Waals surface area contributed by atoms with Crippen LogP contribution in [0, 0.1) is 0 Å². The molecule has 1 aliphatic rings. The van der Waals surface area contributed by atoms with Crippen LogP contribution in [0.1, 0.15) is 56.4 Å². The minimum atomic E-state index is -4.68. The SMILES string of the molecule is CCCc1cn(-c2nc(N)c3ncn([C@@H]4O[C@H](COS(=O)(=O)NC(=O)c5ccccc5O)[C@@H](O)[C@H]4O)c3n2)nn1.CCN(CC)CC. The molecule has 1 amide bonds. The fraction of sp³-hybridized carbons (Fsp3) is 0.500. The second-order valence-electron chi connectivity index (χ2n) is 10.5. The Balaban J connectivity index is 0.000000644. The lowest BCUT2D eigenvalue weighted by molar-refractivity contribution is -0.0468. The van der Waals surface area contributed by atoms with Gasteiger partial charge >= 0.3 is 10.3 Å². The molecule has 18 nitrogen and oxygen atoms in total. The molecule has 0 spiro atoms. The summed E-state index contributed by atoms with van der Waals surface area (Å²) in [6.07, 6.45) is -1.24. The number of carbonyl (C=O) groups is 1. The van der Waals surface area contributed by atoms with Crippen LogP contribution in [0.5, 0.6) is 5.75 Å². The zero-order chi connectivity index (χ0) is 34.3. The number of phenolic OH excluding ortho intramolecular Hbond substituents is 1. The number of aromatic nitrogens is 7. The van der Waals surface area contributed by atoms with Crippen LogP contribution in [0.3, 0.4) is 0 Å². The molecular weight excluding hydrogens is 636 g/mol. The van der Waals surface area contributed by atoms with E-state index in [1.54, 1.807) is 10.9 Å². The molecule has 6 N–H and O–H groups in total. The number of aryl methyl sites for hydroxylation is 1. The molecular formula is C28H40N10O8S. The van der Waals surface area contributed by atoms with Gasteiger partial charge in [0.2, 0.25) is 0 Å². The monoisotopic (exact) mass is 676 g/mol. The number of benzene rings is 1. The molecule has 1 saturated heterocycles. The van der Waals surface area contributed by atoms with Crippen molar-refractivity contribution >= 4 is 33.2 Å². The second kappa shape index (κ2) is 15.5. The number of nitrogen functional groups attached to an aromatic ring is 1. The van der Waals surface area contributed by atoms with E-state index in [4.69, 9.17) is 14.7 Å². The van der Waals surface area contributed by atoms with E-state index in [-0.39, 0.29) is 28.5 Å². The van der Waals surface area contributed by atoms with E-state index in [0.29, 0.717) is 6.42 Å². The lowest BCUT2D eigenvalue weighted by Crippen LogP contribution is -2.37. The summed E-state index contributed by atoms with van der Waals surface area (Å²) in [6, 6.07) is 5.32. The minimum Gasteiger partial charge on any atom is -0.507 e. The van der Waals surface area contributed by atoms with Gasteiger partial charge in [-0.2, -0.15) is 23.1 Å². The Morgan fingerprint density at radius 2 is 1.81 bits per heavy atom. The first kappa shape index (κ1) is 35.6. The van der Waals surface area contributed by atoms with Gasteiger partial charge in [0.05, 0.1) is 30.4 Å². The number of aromatic hydroxyl groups is 1. The number of anilines is 1. The zero-order valence-corrected chi connectivity index (χ0v) is 27.3. The molecule has 0 bridgehead atoms. The molecule has 1 aliphatic heterocycles. The maximum atomic E-state index is 12.3. The van der Waals surface area contributed by atoms with Gasteiger partial charge in [0.15, 0.2) is 17.7 Å². The molecule has 0 aliphatic carbocycles. The summed E-state index contributed by atoms with van der Waals surface area (Å²) < 4.78 is 39.4. The van der Waals surface area contributed by atoms with Gasteiger partial charge in [-0.1, -0.05) is 51.5 Å². The maximum Gasteiger partial charge on any atom is 0.362 e. The first-order valence-electron chi connectivity index (χ1n) is 15.1. The van der Waals surface area contributed by atoms with Crippen molar-refractivity contribution in [3.05, 3.63) is 48.0 Å². The molecule has 256 valence electrons. The van der Waals surface area contributed by atoms with E-state index in [1.165, 1.54) is 59.5 Å². The lowest BCUT2D eigenvalue weighted by atomic mass is 10.1. The van der Waals surface area contributed by atoms with Crippen LogP contribution in [-0.4, -0.2) is 114 Å². The molecule has 4 aromatic rings. The largest absolute Gasteiger partial charge is 0.507 e. The molecule has 5 rings (SSSR count). The van der Waals surface area contributed by atoms with Crippen molar-refractivity contribution in [1.29, 1.82) is 0 Å². The van der Waals surface area contributed by atoms with E-state index >= 15 is 0 Å². The van der Waals surface area contributed by atoms with Crippen LogP contribution in [0.15, 0.2) is 36.8 Å². The highest BCUT2D eigenvalue weighted by atomic mass is 32.2. The summed E-state index contributed by atoms with van der Waals surface area (Å²) in [5, 5.41) is 39.1. The van der Waals surface area contributed by atoms with E-state index < -0.39 is 53.1 Å². The highest BCUT2D eigenvalue weighted by Crippen LogP contribution is 2.32. The minimum absolute atomic E-state index is 0.0190. The van der Waals surface area contributed by atoms with Crippen molar-refractivity contribution in [3.8, 4) is 11.7 Å². The summed E-state index contributed by atoms with van der Waals surface area (Å²) >= 11 is 0. The number of aliphatic hydroxyl groups excluding tert-OH is 2. The fourth-order valence-corrected chi connectivity index (χ4v) is 5.48. The normalized spacial score (nSPS) is 19.6. The van der Waals surface area contributed by atoms with Gasteiger partial charge in [-0.05, 0) is 38.2 Å². The van der Waals surface area contributed by atoms with Crippen molar-refractivity contribution in [1.82, 2.24) is 44.1 Å². The highest BCUT2D eigenvalue weighted by molar-refractivity contribution is 7.85. The number of hydrogen-bond donors (Lipinski definition) is 5. The number of nitrogens with two attached hydrogens (primary N) is 1. The number of carbonyl (C=O) groups excluding carboxylic acids is 1. The molecule has 0 unspecified atom stereocenters. The number of para-hydroxylation sites is 1. The number of ether oxygens (including phenoxy) is 1. The smallest absolute Gasteiger partial charge is 0.362 e. The van der Waals surface area contributed by atoms with Crippen LogP contribution in [0.2, 0.25) is 0 Å². The van der Waals surface area contributed by atoms with E-state index in [9.17, 15) is 28.5 Å². The van der Waals surface area contributed by atoms with Gasteiger partial charge in [0.25, 0.3) is 11.9 Å².